The summed E-state index contributed by atoms with van der Waals surface area (Å²) in [6.45, 7) is 8.12. The van der Waals surface area contributed by atoms with Gasteiger partial charge in [-0.15, -0.1) is 0 Å². The Kier molecular flexibility index (Phi) is 7.35. The van der Waals surface area contributed by atoms with Crippen LogP contribution in [0.5, 0.6) is 0 Å². The molecule has 0 bridgehead atoms. The van der Waals surface area contributed by atoms with Crippen molar-refractivity contribution in [2.75, 3.05) is 31.6 Å². The third-order valence-corrected chi connectivity index (χ3v) is 6.16. The van der Waals surface area contributed by atoms with Crippen molar-refractivity contribution < 1.29 is 9.53 Å². The maximum atomic E-state index is 12.1. The summed E-state index contributed by atoms with van der Waals surface area (Å²) in [5.41, 5.74) is 3.33. The van der Waals surface area contributed by atoms with Gasteiger partial charge in [-0.3, -0.25) is 0 Å². The Morgan fingerprint density at radius 1 is 1.20 bits per heavy atom. The second-order valence-corrected chi connectivity index (χ2v) is 10.3. The van der Waals surface area contributed by atoms with Crippen LogP contribution in [0.2, 0.25) is 5.02 Å². The Labute approximate surface area is 193 Å². The fourth-order valence-electron chi connectivity index (χ4n) is 3.61. The van der Waals surface area contributed by atoms with Gasteiger partial charge in [-0.2, -0.15) is 0 Å². The zero-order chi connectivity index (χ0) is 21.9. The fourth-order valence-corrected chi connectivity index (χ4v) is 4.49. The van der Waals surface area contributed by atoms with Crippen molar-refractivity contribution in [2.24, 2.45) is 5.92 Å². The van der Waals surface area contributed by atoms with Gasteiger partial charge in [0.2, 0.25) is 0 Å². The number of anilines is 1. The van der Waals surface area contributed by atoms with Crippen molar-refractivity contribution in [3.8, 4) is 0 Å². The van der Waals surface area contributed by atoms with Crippen molar-refractivity contribution in [1.29, 1.82) is 0 Å². The molecule has 0 N–H and O–H groups in total. The number of hydrogen-bond acceptors (Lipinski definition) is 3. The van der Waals surface area contributed by atoms with E-state index in [-0.39, 0.29) is 6.09 Å². The molecular formula is C24H30BrClN2O2. The number of carbonyl (C=O) groups is 1. The number of carbonyl (C=O) groups excluding carboxylic acids is 1. The van der Waals surface area contributed by atoms with Crippen LogP contribution in [0.1, 0.15) is 31.9 Å². The third-order valence-electron chi connectivity index (χ3n) is 5.19. The lowest BCUT2D eigenvalue weighted by Gasteiger charge is -2.41. The SMILES string of the molecule is CN(CC1CN(C(=O)OC(C)(C)C)C1)c1cccc(CCc2ccc(Cl)cc2Br)c1. The van der Waals surface area contributed by atoms with Crippen LogP contribution in [0.4, 0.5) is 10.5 Å². The topological polar surface area (TPSA) is 32.8 Å². The largest absolute Gasteiger partial charge is 0.444 e. The molecule has 0 aliphatic carbocycles. The molecule has 162 valence electrons. The van der Waals surface area contributed by atoms with Crippen LogP contribution in [-0.4, -0.2) is 43.3 Å². The van der Waals surface area contributed by atoms with E-state index in [4.69, 9.17) is 16.3 Å². The van der Waals surface area contributed by atoms with Gasteiger partial charge >= 0.3 is 6.09 Å². The standard InChI is InChI=1S/C24H30BrClN2O2/c1-24(2,3)30-23(29)28-15-18(16-28)14-27(4)21-7-5-6-17(12-21)8-9-19-10-11-20(26)13-22(19)25/h5-7,10-13,18H,8-9,14-16H2,1-4H3. The van der Waals surface area contributed by atoms with Crippen LogP contribution in [0.3, 0.4) is 0 Å². The van der Waals surface area contributed by atoms with Crippen LogP contribution in [0.25, 0.3) is 0 Å². The molecule has 6 heteroatoms. The Bertz CT molecular complexity index is 891. The summed E-state index contributed by atoms with van der Waals surface area (Å²) in [7, 11) is 2.12. The second kappa shape index (κ2) is 9.61. The van der Waals surface area contributed by atoms with Crippen LogP contribution in [-0.2, 0) is 17.6 Å². The van der Waals surface area contributed by atoms with E-state index in [0.29, 0.717) is 5.92 Å². The van der Waals surface area contributed by atoms with Crippen LogP contribution in [0, 0.1) is 5.92 Å². The Balaban J connectivity index is 1.50. The molecule has 0 spiro atoms. The highest BCUT2D eigenvalue weighted by Crippen LogP contribution is 2.25. The number of halogens is 2. The fraction of sp³-hybridized carbons (Fsp3) is 0.458. The lowest BCUT2D eigenvalue weighted by atomic mass is 9.99. The Hall–Kier alpha value is -1.72. The van der Waals surface area contributed by atoms with E-state index < -0.39 is 5.60 Å². The zero-order valence-electron chi connectivity index (χ0n) is 18.1. The molecule has 1 aliphatic heterocycles. The predicted octanol–water partition coefficient (Wildman–Crippen LogP) is 6.19. The predicted molar refractivity (Wildman–Crippen MR) is 128 cm³/mol. The minimum atomic E-state index is -0.443. The third kappa shape index (κ3) is 6.39. The van der Waals surface area contributed by atoms with Gasteiger partial charge in [0.05, 0.1) is 0 Å². The Morgan fingerprint density at radius 3 is 2.60 bits per heavy atom. The number of amides is 1. The molecule has 4 nitrogen and oxygen atoms in total. The lowest BCUT2D eigenvalue weighted by Crippen LogP contribution is -2.54. The maximum Gasteiger partial charge on any atom is 0.410 e. The molecule has 1 heterocycles. The molecular weight excluding hydrogens is 464 g/mol. The normalized spacial score (nSPS) is 14.4. The summed E-state index contributed by atoms with van der Waals surface area (Å²) in [6.07, 6.45) is 1.72. The van der Waals surface area contributed by atoms with E-state index in [9.17, 15) is 4.79 Å². The number of likely N-dealkylation sites (tertiary alicyclic amines) is 1. The van der Waals surface area contributed by atoms with Crippen molar-refractivity contribution in [3.63, 3.8) is 0 Å². The minimum absolute atomic E-state index is 0.211. The van der Waals surface area contributed by atoms with Crippen molar-refractivity contribution in [2.45, 2.75) is 39.2 Å². The summed E-state index contributed by atoms with van der Waals surface area (Å²) < 4.78 is 6.49. The molecule has 0 atom stereocenters. The molecule has 0 unspecified atom stereocenters. The van der Waals surface area contributed by atoms with Gasteiger partial charge in [-0.1, -0.05) is 45.7 Å². The number of ether oxygens (including phenoxy) is 1. The highest BCUT2D eigenvalue weighted by Gasteiger charge is 2.34. The Morgan fingerprint density at radius 2 is 1.93 bits per heavy atom. The van der Waals surface area contributed by atoms with E-state index in [1.165, 1.54) is 16.8 Å². The quantitative estimate of drug-likeness (QED) is 0.481. The van der Waals surface area contributed by atoms with Gasteiger partial charge in [0.25, 0.3) is 0 Å². The summed E-state index contributed by atoms with van der Waals surface area (Å²) in [5.74, 6) is 0.469. The van der Waals surface area contributed by atoms with E-state index in [0.717, 1.165) is 42.0 Å². The lowest BCUT2D eigenvalue weighted by molar-refractivity contribution is 0.000190. The van der Waals surface area contributed by atoms with Crippen LogP contribution < -0.4 is 4.90 Å². The minimum Gasteiger partial charge on any atom is -0.444 e. The molecule has 1 saturated heterocycles. The first-order chi connectivity index (χ1) is 14.1. The van der Waals surface area contributed by atoms with Gasteiger partial charge in [0, 0.05) is 47.8 Å². The molecule has 3 rings (SSSR count). The average Bonchev–Trinajstić information content (AvgIpc) is 2.62. The summed E-state index contributed by atoms with van der Waals surface area (Å²) in [4.78, 5) is 16.2. The molecule has 2 aromatic carbocycles. The monoisotopic (exact) mass is 492 g/mol. The molecule has 0 aromatic heterocycles. The number of benzene rings is 2. The average molecular weight is 494 g/mol. The highest BCUT2D eigenvalue weighted by molar-refractivity contribution is 9.10. The van der Waals surface area contributed by atoms with E-state index in [1.807, 2.05) is 32.9 Å². The van der Waals surface area contributed by atoms with Gasteiger partial charge in [-0.25, -0.2) is 4.79 Å². The smallest absolute Gasteiger partial charge is 0.410 e. The van der Waals surface area contributed by atoms with E-state index in [1.54, 1.807) is 4.90 Å². The first-order valence-electron chi connectivity index (χ1n) is 10.3. The maximum absolute atomic E-state index is 12.1. The first-order valence-corrected chi connectivity index (χ1v) is 11.5. The number of hydrogen-bond donors (Lipinski definition) is 0. The molecule has 0 radical (unpaired) electrons. The molecule has 1 aliphatic rings. The second-order valence-electron chi connectivity index (χ2n) is 9.04. The molecule has 1 amide bonds. The summed E-state index contributed by atoms with van der Waals surface area (Å²) >= 11 is 9.64. The highest BCUT2D eigenvalue weighted by atomic mass is 79.9. The number of rotatable bonds is 6. The van der Waals surface area contributed by atoms with Crippen molar-refractivity contribution in [3.05, 3.63) is 63.1 Å². The van der Waals surface area contributed by atoms with Crippen LogP contribution in [0.15, 0.2) is 46.9 Å². The van der Waals surface area contributed by atoms with Gasteiger partial charge in [0.1, 0.15) is 5.60 Å². The molecule has 1 fully saturated rings. The zero-order valence-corrected chi connectivity index (χ0v) is 20.5. The summed E-state index contributed by atoms with van der Waals surface area (Å²) in [5, 5.41) is 0.746. The van der Waals surface area contributed by atoms with Gasteiger partial charge in [-0.05, 0) is 69.0 Å². The van der Waals surface area contributed by atoms with E-state index >= 15 is 0 Å². The first kappa shape index (κ1) is 23.0. The van der Waals surface area contributed by atoms with Crippen LogP contribution >= 0.6 is 27.5 Å². The molecule has 0 saturated carbocycles. The molecule has 30 heavy (non-hydrogen) atoms. The number of nitrogens with zero attached hydrogens (tertiary/aromatic N) is 2. The van der Waals surface area contributed by atoms with E-state index in [2.05, 4.69) is 58.2 Å². The van der Waals surface area contributed by atoms with Gasteiger partial charge in [0.15, 0.2) is 0 Å². The molecule has 2 aromatic rings. The number of aryl methyl sites for hydroxylation is 2. The van der Waals surface area contributed by atoms with Crippen molar-refractivity contribution >= 4 is 39.3 Å². The van der Waals surface area contributed by atoms with Crippen molar-refractivity contribution in [1.82, 2.24) is 4.90 Å². The van der Waals surface area contributed by atoms with Gasteiger partial charge < -0.3 is 14.5 Å². The summed E-state index contributed by atoms with van der Waals surface area (Å²) in [6, 6.07) is 14.7.